The molecule has 0 amide bonds. The van der Waals surface area contributed by atoms with Crippen molar-refractivity contribution in [2.45, 2.75) is 36.8 Å². The third-order valence-corrected chi connectivity index (χ3v) is 3.74. The zero-order valence-electron chi connectivity index (χ0n) is 7.77. The highest BCUT2D eigenvalue weighted by Crippen LogP contribution is 2.60. The Hall–Kier alpha value is -0.650. The Morgan fingerprint density at radius 1 is 1.57 bits per heavy atom. The molecule has 14 heavy (non-hydrogen) atoms. The molecule has 0 aromatic rings. The van der Waals surface area contributed by atoms with Gasteiger partial charge in [0.25, 0.3) is 0 Å². The zero-order chi connectivity index (χ0) is 10.1. The largest absolute Gasteiger partial charge is 0.465 e. The zero-order valence-corrected chi connectivity index (χ0v) is 7.77. The number of hydrogen-bond donors (Lipinski definition) is 2. The van der Waals surface area contributed by atoms with Crippen molar-refractivity contribution in [2.24, 2.45) is 5.92 Å². The Morgan fingerprint density at radius 3 is 2.93 bits per heavy atom. The number of fused-ring (bicyclic) bond motifs is 3. The van der Waals surface area contributed by atoms with E-state index in [2.05, 4.69) is 0 Å². The molecule has 2 heterocycles. The van der Waals surface area contributed by atoms with Crippen molar-refractivity contribution in [3.8, 4) is 0 Å². The fraction of sp³-hybridized carbons (Fsp3) is 0.889. The molecule has 5 atom stereocenters. The number of cyclic esters (lactones) is 1. The Kier molecular flexibility index (Phi) is 1.31. The molecule has 2 aliphatic heterocycles. The predicted molar refractivity (Wildman–Crippen MR) is 43.3 cm³/mol. The summed E-state index contributed by atoms with van der Waals surface area (Å²) in [4.78, 5) is 11.5. The van der Waals surface area contributed by atoms with Crippen LogP contribution < -0.4 is 0 Å². The average Bonchev–Trinajstić information content (AvgIpc) is 2.72. The van der Waals surface area contributed by atoms with Crippen LogP contribution in [0.5, 0.6) is 0 Å². The molecule has 0 spiro atoms. The number of aliphatic hydroxyl groups excluding tert-OH is 1. The van der Waals surface area contributed by atoms with E-state index in [4.69, 9.17) is 9.47 Å². The van der Waals surface area contributed by atoms with Gasteiger partial charge in [-0.25, -0.2) is 0 Å². The molecule has 5 heteroatoms. The van der Waals surface area contributed by atoms with Gasteiger partial charge in [-0.2, -0.15) is 0 Å². The first kappa shape index (κ1) is 8.64. The molecule has 78 valence electrons. The van der Waals surface area contributed by atoms with Gasteiger partial charge in [0.05, 0.1) is 6.61 Å². The van der Waals surface area contributed by atoms with Gasteiger partial charge < -0.3 is 19.7 Å². The predicted octanol–water partition coefficient (Wildman–Crippen LogP) is -1.19. The molecule has 5 unspecified atom stereocenters. The van der Waals surface area contributed by atoms with Crippen LogP contribution in [0.15, 0.2) is 0 Å². The molecule has 3 fully saturated rings. The Labute approximate surface area is 80.6 Å². The van der Waals surface area contributed by atoms with Crippen molar-refractivity contribution < 1.29 is 24.5 Å². The lowest BCUT2D eigenvalue weighted by atomic mass is 9.80. The monoisotopic (exact) mass is 200 g/mol. The summed E-state index contributed by atoms with van der Waals surface area (Å²) in [5.41, 5.74) is -2.06. The SMILES string of the molecule is CC12OC1C(O)C1(O)CCOC(=O)C12. The summed E-state index contributed by atoms with van der Waals surface area (Å²) in [5, 5.41) is 20.0. The second-order valence-electron chi connectivity index (χ2n) is 4.51. The highest BCUT2D eigenvalue weighted by atomic mass is 16.6. The molecule has 2 N–H and O–H groups in total. The van der Waals surface area contributed by atoms with Crippen molar-refractivity contribution in [3.63, 3.8) is 0 Å². The van der Waals surface area contributed by atoms with Crippen LogP contribution in [0.1, 0.15) is 13.3 Å². The number of rotatable bonds is 0. The summed E-state index contributed by atoms with van der Waals surface area (Å²) in [6.07, 6.45) is -1.09. The van der Waals surface area contributed by atoms with Crippen LogP contribution in [0.4, 0.5) is 0 Å². The second kappa shape index (κ2) is 2.13. The minimum Gasteiger partial charge on any atom is -0.465 e. The Bertz CT molecular complexity index is 316. The molecule has 0 radical (unpaired) electrons. The molecule has 3 rings (SSSR count). The van der Waals surface area contributed by atoms with Gasteiger partial charge in [0, 0.05) is 6.42 Å². The van der Waals surface area contributed by atoms with E-state index in [9.17, 15) is 15.0 Å². The smallest absolute Gasteiger partial charge is 0.315 e. The fourth-order valence-electron chi connectivity index (χ4n) is 2.91. The molecule has 1 saturated carbocycles. The maximum atomic E-state index is 11.5. The average molecular weight is 200 g/mol. The van der Waals surface area contributed by atoms with E-state index in [1.54, 1.807) is 6.92 Å². The van der Waals surface area contributed by atoms with E-state index in [1.807, 2.05) is 0 Å². The number of aliphatic hydroxyl groups is 2. The van der Waals surface area contributed by atoms with Crippen LogP contribution >= 0.6 is 0 Å². The topological polar surface area (TPSA) is 79.3 Å². The van der Waals surface area contributed by atoms with Gasteiger partial charge in [-0.3, -0.25) is 4.79 Å². The van der Waals surface area contributed by atoms with E-state index in [0.29, 0.717) is 6.42 Å². The van der Waals surface area contributed by atoms with Gasteiger partial charge in [-0.1, -0.05) is 0 Å². The molecule has 0 bridgehead atoms. The summed E-state index contributed by atoms with van der Waals surface area (Å²) in [6.45, 7) is 1.90. The number of hydrogen-bond acceptors (Lipinski definition) is 5. The number of epoxide rings is 1. The maximum absolute atomic E-state index is 11.5. The van der Waals surface area contributed by atoms with Crippen molar-refractivity contribution in [3.05, 3.63) is 0 Å². The van der Waals surface area contributed by atoms with E-state index < -0.39 is 35.3 Å². The lowest BCUT2D eigenvalue weighted by Gasteiger charge is -2.38. The number of ether oxygens (including phenoxy) is 2. The number of carbonyl (C=O) groups excluding carboxylic acids is 1. The maximum Gasteiger partial charge on any atom is 0.315 e. The standard InChI is InChI=1S/C9H12O5/c1-8-4-7(11)13-3-2-9(4,12)5(10)6(8)14-8/h4-6,10,12H,2-3H2,1H3. The third kappa shape index (κ3) is 0.711. The van der Waals surface area contributed by atoms with E-state index in [-0.39, 0.29) is 6.61 Å². The van der Waals surface area contributed by atoms with Crippen LogP contribution in [0.3, 0.4) is 0 Å². The van der Waals surface area contributed by atoms with Crippen molar-refractivity contribution in [2.75, 3.05) is 6.61 Å². The first-order valence-electron chi connectivity index (χ1n) is 4.75. The molecule has 2 saturated heterocycles. The normalized spacial score (nSPS) is 60.2. The minimum absolute atomic E-state index is 0.172. The van der Waals surface area contributed by atoms with Crippen LogP contribution in [-0.4, -0.2) is 46.2 Å². The lowest BCUT2D eigenvalue weighted by Crippen LogP contribution is -2.55. The van der Waals surface area contributed by atoms with Crippen molar-refractivity contribution in [1.29, 1.82) is 0 Å². The highest BCUT2D eigenvalue weighted by molar-refractivity contribution is 5.78. The molecule has 1 aliphatic carbocycles. The van der Waals surface area contributed by atoms with Crippen molar-refractivity contribution in [1.82, 2.24) is 0 Å². The first-order chi connectivity index (χ1) is 6.50. The molecule has 0 aromatic carbocycles. The quantitative estimate of drug-likeness (QED) is 0.380. The molecule has 5 nitrogen and oxygen atoms in total. The van der Waals surface area contributed by atoms with E-state index in [1.165, 1.54) is 0 Å². The molecular formula is C9H12O5. The summed E-state index contributed by atoms with van der Waals surface area (Å²) >= 11 is 0. The third-order valence-electron chi connectivity index (χ3n) is 3.74. The van der Waals surface area contributed by atoms with Crippen LogP contribution in [-0.2, 0) is 14.3 Å². The summed E-state index contributed by atoms with van der Waals surface area (Å²) in [7, 11) is 0. The molecular weight excluding hydrogens is 188 g/mol. The second-order valence-corrected chi connectivity index (χ2v) is 4.51. The van der Waals surface area contributed by atoms with Crippen LogP contribution in [0.25, 0.3) is 0 Å². The van der Waals surface area contributed by atoms with Gasteiger partial charge in [0.15, 0.2) is 0 Å². The van der Waals surface area contributed by atoms with Gasteiger partial charge in [0.1, 0.15) is 29.3 Å². The van der Waals surface area contributed by atoms with Gasteiger partial charge in [-0.05, 0) is 6.92 Å². The number of carbonyl (C=O) groups is 1. The highest BCUT2D eigenvalue weighted by Gasteiger charge is 2.79. The Balaban J connectivity index is 2.05. The van der Waals surface area contributed by atoms with E-state index in [0.717, 1.165) is 0 Å². The summed E-state index contributed by atoms with van der Waals surface area (Å²) < 4.78 is 10.1. The Morgan fingerprint density at radius 2 is 2.29 bits per heavy atom. The van der Waals surface area contributed by atoms with E-state index >= 15 is 0 Å². The van der Waals surface area contributed by atoms with Crippen LogP contribution in [0.2, 0.25) is 0 Å². The molecule has 3 aliphatic rings. The minimum atomic E-state index is -1.34. The lowest BCUT2D eigenvalue weighted by molar-refractivity contribution is -0.195. The summed E-state index contributed by atoms with van der Waals surface area (Å²) in [6, 6.07) is 0. The fourth-order valence-corrected chi connectivity index (χ4v) is 2.91. The summed E-state index contributed by atoms with van der Waals surface area (Å²) in [5.74, 6) is -1.19. The first-order valence-corrected chi connectivity index (χ1v) is 4.75. The van der Waals surface area contributed by atoms with Crippen LogP contribution in [0, 0.1) is 5.92 Å². The van der Waals surface area contributed by atoms with Gasteiger partial charge in [0.2, 0.25) is 0 Å². The van der Waals surface area contributed by atoms with Gasteiger partial charge >= 0.3 is 5.97 Å². The van der Waals surface area contributed by atoms with Gasteiger partial charge in [-0.15, -0.1) is 0 Å². The van der Waals surface area contributed by atoms with Crippen molar-refractivity contribution >= 4 is 5.97 Å². The molecule has 0 aromatic heterocycles. The number of esters is 1.